The Labute approximate surface area is 111 Å². The first-order valence-electron chi connectivity index (χ1n) is 6.07. The molecular weight excluding hydrogens is 271 g/mol. The highest BCUT2D eigenvalue weighted by Gasteiger charge is 2.24. The molecular formula is C11H25O5PSi. The van der Waals surface area contributed by atoms with E-state index < -0.39 is 15.9 Å². The maximum atomic E-state index is 12.2. The zero-order chi connectivity index (χ0) is 14.2. The molecule has 5 nitrogen and oxygen atoms in total. The van der Waals surface area contributed by atoms with Gasteiger partial charge in [-0.15, -0.1) is 0 Å². The van der Waals surface area contributed by atoms with Gasteiger partial charge in [0, 0.05) is 6.08 Å². The van der Waals surface area contributed by atoms with E-state index in [0.29, 0.717) is 19.2 Å². The van der Waals surface area contributed by atoms with E-state index in [9.17, 15) is 4.57 Å². The van der Waals surface area contributed by atoms with Crippen LogP contribution < -0.4 is 0 Å². The Morgan fingerprint density at radius 1 is 1.17 bits per heavy atom. The molecule has 0 aromatic heterocycles. The molecule has 0 aromatic carbocycles. The zero-order valence-corrected chi connectivity index (χ0v) is 14.1. The summed E-state index contributed by atoms with van der Waals surface area (Å²) >= 11 is 0. The lowest BCUT2D eigenvalue weighted by molar-refractivity contribution is 0.145. The van der Waals surface area contributed by atoms with Gasteiger partial charge >= 0.3 is 7.60 Å². The first kappa shape index (κ1) is 17.7. The maximum absolute atomic E-state index is 12.2. The summed E-state index contributed by atoms with van der Waals surface area (Å²) in [5, 5.41) is 0. The maximum Gasteiger partial charge on any atom is 0.334 e. The van der Waals surface area contributed by atoms with E-state index in [2.05, 4.69) is 0 Å². The van der Waals surface area contributed by atoms with Crippen molar-refractivity contribution in [2.75, 3.05) is 26.5 Å². The van der Waals surface area contributed by atoms with Crippen molar-refractivity contribution in [2.45, 2.75) is 33.5 Å². The highest BCUT2D eigenvalue weighted by molar-refractivity contribution is 7.54. The third kappa shape index (κ3) is 7.92. The Kier molecular flexibility index (Phi) is 7.86. The van der Waals surface area contributed by atoms with Crippen LogP contribution in [0, 0.1) is 0 Å². The number of rotatable bonds is 9. The monoisotopic (exact) mass is 296 g/mol. The van der Waals surface area contributed by atoms with Crippen LogP contribution >= 0.6 is 7.60 Å². The molecule has 0 rings (SSSR count). The Morgan fingerprint density at radius 2 is 1.67 bits per heavy atom. The largest absolute Gasteiger partial charge is 0.520 e. The summed E-state index contributed by atoms with van der Waals surface area (Å²) in [5.74, 6) is 0.383. The summed E-state index contributed by atoms with van der Waals surface area (Å²) in [6, 6.07) is 0. The van der Waals surface area contributed by atoms with Gasteiger partial charge < -0.3 is 18.2 Å². The van der Waals surface area contributed by atoms with Crippen molar-refractivity contribution in [1.29, 1.82) is 0 Å². The number of hydrogen-bond acceptors (Lipinski definition) is 5. The molecule has 0 fully saturated rings. The zero-order valence-electron chi connectivity index (χ0n) is 12.2. The van der Waals surface area contributed by atoms with E-state index in [1.807, 2.05) is 19.6 Å². The van der Waals surface area contributed by atoms with Crippen molar-refractivity contribution in [3.8, 4) is 0 Å². The van der Waals surface area contributed by atoms with Crippen LogP contribution in [0.4, 0.5) is 0 Å². The lowest BCUT2D eigenvalue weighted by Crippen LogP contribution is -2.25. The third-order valence-electron chi connectivity index (χ3n) is 1.74. The minimum atomic E-state index is -3.07. The standard InChI is InChI=1S/C11H25O5PSi/c1-7-14-17(12,15-8-2)10-9-11(13-3)16-18(4,5)6/h9H,7-8,10H2,1-6H3. The van der Waals surface area contributed by atoms with Crippen LogP contribution in [0.25, 0.3) is 0 Å². The average molecular weight is 296 g/mol. The van der Waals surface area contributed by atoms with Crippen LogP contribution in [-0.4, -0.2) is 34.8 Å². The normalized spacial score (nSPS) is 13.6. The first-order valence-corrected chi connectivity index (χ1v) is 11.2. The molecule has 0 atom stereocenters. The molecule has 0 N–H and O–H groups in total. The van der Waals surface area contributed by atoms with Gasteiger partial charge in [-0.25, -0.2) is 0 Å². The van der Waals surface area contributed by atoms with Gasteiger partial charge in [-0.05, 0) is 33.5 Å². The van der Waals surface area contributed by atoms with Gasteiger partial charge in [0.05, 0.1) is 26.5 Å². The van der Waals surface area contributed by atoms with Crippen molar-refractivity contribution >= 4 is 15.9 Å². The predicted molar refractivity (Wildman–Crippen MR) is 75.2 cm³/mol. The fourth-order valence-corrected chi connectivity index (χ4v) is 3.41. The number of ether oxygens (including phenoxy) is 1. The quantitative estimate of drug-likeness (QED) is 0.370. The minimum absolute atomic E-state index is 0.155. The fraction of sp³-hybridized carbons (Fsp3) is 0.818. The SMILES string of the molecule is CCOP(=O)(CC=C(OC)O[Si](C)(C)C)OCC. The molecule has 0 aliphatic carbocycles. The number of methoxy groups -OCH3 is 1. The van der Waals surface area contributed by atoms with E-state index >= 15 is 0 Å². The highest BCUT2D eigenvalue weighted by atomic mass is 31.2. The molecule has 0 aromatic rings. The summed E-state index contributed by atoms with van der Waals surface area (Å²) in [5.41, 5.74) is 0. The molecule has 18 heavy (non-hydrogen) atoms. The number of allylic oxidation sites excluding steroid dienone is 1. The summed E-state index contributed by atoms with van der Waals surface area (Å²) in [6.07, 6.45) is 1.78. The van der Waals surface area contributed by atoms with E-state index in [0.717, 1.165) is 0 Å². The van der Waals surface area contributed by atoms with Gasteiger partial charge in [-0.1, -0.05) is 0 Å². The van der Waals surface area contributed by atoms with Gasteiger partial charge in [0.2, 0.25) is 8.32 Å². The van der Waals surface area contributed by atoms with Crippen LogP contribution in [0.5, 0.6) is 0 Å². The van der Waals surface area contributed by atoms with Crippen molar-refractivity contribution in [1.82, 2.24) is 0 Å². The molecule has 0 aliphatic heterocycles. The first-order chi connectivity index (χ1) is 8.26. The second-order valence-corrected chi connectivity index (χ2v) is 11.1. The van der Waals surface area contributed by atoms with E-state index in [-0.39, 0.29) is 6.16 Å². The Morgan fingerprint density at radius 3 is 2.00 bits per heavy atom. The van der Waals surface area contributed by atoms with E-state index in [1.54, 1.807) is 19.9 Å². The van der Waals surface area contributed by atoms with Crippen LogP contribution in [0.1, 0.15) is 13.8 Å². The molecule has 0 spiro atoms. The summed E-state index contributed by atoms with van der Waals surface area (Å²) in [4.78, 5) is 0. The minimum Gasteiger partial charge on any atom is -0.520 e. The molecule has 7 heteroatoms. The van der Waals surface area contributed by atoms with E-state index in [4.69, 9.17) is 18.2 Å². The van der Waals surface area contributed by atoms with Crippen molar-refractivity contribution in [3.05, 3.63) is 12.0 Å². The fourth-order valence-electron chi connectivity index (χ4n) is 1.19. The third-order valence-corrected chi connectivity index (χ3v) is 4.49. The predicted octanol–water partition coefficient (Wildman–Crippen LogP) is 3.59. The molecule has 0 radical (unpaired) electrons. The summed E-state index contributed by atoms with van der Waals surface area (Å²) in [7, 11) is -3.29. The Balaban J connectivity index is 4.67. The molecule has 0 saturated heterocycles. The van der Waals surface area contributed by atoms with Gasteiger partial charge in [0.1, 0.15) is 0 Å². The topological polar surface area (TPSA) is 54.0 Å². The molecule has 0 unspecified atom stereocenters. The lowest BCUT2D eigenvalue weighted by Gasteiger charge is -2.21. The van der Waals surface area contributed by atoms with Gasteiger partial charge in [0.15, 0.2) is 0 Å². The lowest BCUT2D eigenvalue weighted by atomic mass is 10.7. The smallest absolute Gasteiger partial charge is 0.334 e. The molecule has 108 valence electrons. The molecule has 0 amide bonds. The van der Waals surface area contributed by atoms with Gasteiger partial charge in [-0.2, -0.15) is 0 Å². The van der Waals surface area contributed by atoms with Gasteiger partial charge in [0.25, 0.3) is 5.95 Å². The average Bonchev–Trinajstić information content (AvgIpc) is 2.23. The second-order valence-electron chi connectivity index (χ2n) is 4.57. The molecule has 0 heterocycles. The summed E-state index contributed by atoms with van der Waals surface area (Å²) in [6.45, 7) is 10.4. The molecule has 0 bridgehead atoms. The summed E-state index contributed by atoms with van der Waals surface area (Å²) < 4.78 is 33.4. The van der Waals surface area contributed by atoms with Crippen molar-refractivity contribution < 1.29 is 22.8 Å². The Bertz CT molecular complexity index is 301. The van der Waals surface area contributed by atoms with Crippen LogP contribution in [0.3, 0.4) is 0 Å². The second kappa shape index (κ2) is 7.99. The van der Waals surface area contributed by atoms with Gasteiger partial charge in [-0.3, -0.25) is 4.57 Å². The molecule has 0 saturated carbocycles. The highest BCUT2D eigenvalue weighted by Crippen LogP contribution is 2.48. The van der Waals surface area contributed by atoms with Crippen LogP contribution in [-0.2, 0) is 22.8 Å². The number of hydrogen-bond donors (Lipinski definition) is 0. The molecule has 0 aliphatic rings. The van der Waals surface area contributed by atoms with Crippen molar-refractivity contribution in [2.24, 2.45) is 0 Å². The Hall–Kier alpha value is -0.293. The van der Waals surface area contributed by atoms with Crippen molar-refractivity contribution in [3.63, 3.8) is 0 Å². The van der Waals surface area contributed by atoms with Crippen LogP contribution in [0.15, 0.2) is 12.0 Å². The van der Waals surface area contributed by atoms with E-state index in [1.165, 1.54) is 7.11 Å². The van der Waals surface area contributed by atoms with Crippen LogP contribution in [0.2, 0.25) is 19.6 Å².